The first-order chi connectivity index (χ1) is 14.9. The number of carbonyl (C=O) groups is 2. The van der Waals surface area contributed by atoms with Crippen LogP contribution in [0.25, 0.3) is 11.4 Å². The van der Waals surface area contributed by atoms with Crippen LogP contribution in [0, 0.1) is 18.2 Å². The van der Waals surface area contributed by atoms with E-state index in [0.717, 1.165) is 13.0 Å². The molecular formula is C23H31ClFN5O2. The van der Waals surface area contributed by atoms with Crippen LogP contribution in [0.1, 0.15) is 48.9 Å². The van der Waals surface area contributed by atoms with Crippen molar-refractivity contribution in [3.05, 3.63) is 39.9 Å². The van der Waals surface area contributed by atoms with E-state index in [1.165, 1.54) is 13.1 Å². The van der Waals surface area contributed by atoms with Crippen molar-refractivity contribution in [1.82, 2.24) is 25.1 Å². The van der Waals surface area contributed by atoms with E-state index in [4.69, 9.17) is 11.6 Å². The molecule has 2 aromatic rings. The SMILES string of the molecule is CNC(=O)[C@@H](NC(=O)c1nc(-c2cc(Cl)c(C)cc2F)n2c1CN(C)CCC2)C(C)(C)C. The molecule has 1 aromatic carbocycles. The second kappa shape index (κ2) is 9.19. The van der Waals surface area contributed by atoms with E-state index in [1.807, 2.05) is 32.4 Å². The predicted molar refractivity (Wildman–Crippen MR) is 123 cm³/mol. The average Bonchev–Trinajstić information content (AvgIpc) is 2.93. The average molecular weight is 464 g/mol. The van der Waals surface area contributed by atoms with E-state index in [9.17, 15) is 14.0 Å². The number of likely N-dealkylation sites (N-methyl/N-ethyl adjacent to an activating group) is 1. The third-order valence-electron chi connectivity index (χ3n) is 5.77. The largest absolute Gasteiger partial charge is 0.357 e. The summed E-state index contributed by atoms with van der Waals surface area (Å²) in [5.41, 5.74) is 1.26. The van der Waals surface area contributed by atoms with Gasteiger partial charge in [0.25, 0.3) is 5.91 Å². The molecule has 0 aliphatic carbocycles. The number of carbonyl (C=O) groups excluding carboxylic acids is 2. The fourth-order valence-electron chi connectivity index (χ4n) is 3.95. The van der Waals surface area contributed by atoms with Crippen molar-refractivity contribution < 1.29 is 14.0 Å². The lowest BCUT2D eigenvalue weighted by atomic mass is 9.86. The first kappa shape index (κ1) is 24.2. The molecule has 0 saturated heterocycles. The Labute approximate surface area is 193 Å². The second-order valence-electron chi connectivity index (χ2n) is 9.44. The summed E-state index contributed by atoms with van der Waals surface area (Å²) in [6.45, 7) is 9.29. The van der Waals surface area contributed by atoms with Crippen LogP contribution in [0.3, 0.4) is 0 Å². The maximum atomic E-state index is 14.9. The van der Waals surface area contributed by atoms with Gasteiger partial charge < -0.3 is 20.1 Å². The van der Waals surface area contributed by atoms with Crippen LogP contribution < -0.4 is 10.6 Å². The Morgan fingerprint density at radius 1 is 1.25 bits per heavy atom. The summed E-state index contributed by atoms with van der Waals surface area (Å²) in [7, 11) is 3.50. The normalized spacial score (nSPS) is 15.6. The Morgan fingerprint density at radius 2 is 1.94 bits per heavy atom. The number of halogens is 2. The predicted octanol–water partition coefficient (Wildman–Crippen LogP) is 3.38. The van der Waals surface area contributed by atoms with Crippen molar-refractivity contribution in [3.63, 3.8) is 0 Å². The molecule has 2 N–H and O–H groups in total. The maximum Gasteiger partial charge on any atom is 0.272 e. The van der Waals surface area contributed by atoms with E-state index < -0.39 is 23.2 Å². The number of nitrogens with zero attached hydrogens (tertiary/aromatic N) is 3. The molecule has 1 aliphatic heterocycles. The molecule has 0 fully saturated rings. The molecule has 0 radical (unpaired) electrons. The summed E-state index contributed by atoms with van der Waals surface area (Å²) < 4.78 is 16.8. The van der Waals surface area contributed by atoms with Gasteiger partial charge in [-0.3, -0.25) is 9.59 Å². The monoisotopic (exact) mass is 463 g/mol. The first-order valence-electron chi connectivity index (χ1n) is 10.7. The standard InChI is InChI=1S/C23H31ClFN5O2/c1-13-10-16(25)14(11-15(13)24)20-27-18(17-12-29(6)8-7-9-30(17)20)21(31)28-19(22(32)26-5)23(2,3)4/h10-11,19H,7-9,12H2,1-6H3,(H,26,32)(H,28,31)/t19-/m1/s1. The lowest BCUT2D eigenvalue weighted by Crippen LogP contribution is -2.53. The Morgan fingerprint density at radius 3 is 2.56 bits per heavy atom. The highest BCUT2D eigenvalue weighted by molar-refractivity contribution is 6.31. The Balaban J connectivity index is 2.12. The zero-order valence-corrected chi connectivity index (χ0v) is 20.2. The fourth-order valence-corrected chi connectivity index (χ4v) is 4.11. The van der Waals surface area contributed by atoms with Gasteiger partial charge in [-0.05, 0) is 50.0 Å². The summed E-state index contributed by atoms with van der Waals surface area (Å²) in [6.07, 6.45) is 0.831. The minimum atomic E-state index is -0.755. The van der Waals surface area contributed by atoms with E-state index in [0.29, 0.717) is 35.2 Å². The summed E-state index contributed by atoms with van der Waals surface area (Å²) in [4.78, 5) is 32.5. The van der Waals surface area contributed by atoms with Gasteiger partial charge in [-0.15, -0.1) is 0 Å². The molecule has 32 heavy (non-hydrogen) atoms. The molecule has 9 heteroatoms. The molecule has 2 amide bonds. The van der Waals surface area contributed by atoms with Gasteiger partial charge in [0.15, 0.2) is 5.69 Å². The highest BCUT2D eigenvalue weighted by Crippen LogP contribution is 2.31. The number of benzene rings is 1. The number of hydrogen-bond acceptors (Lipinski definition) is 4. The van der Waals surface area contributed by atoms with E-state index >= 15 is 0 Å². The van der Waals surface area contributed by atoms with Crippen molar-refractivity contribution in [2.24, 2.45) is 5.41 Å². The van der Waals surface area contributed by atoms with Gasteiger partial charge in [0.05, 0.1) is 11.3 Å². The Bertz CT molecular complexity index is 1040. The van der Waals surface area contributed by atoms with Crippen molar-refractivity contribution in [3.8, 4) is 11.4 Å². The van der Waals surface area contributed by atoms with E-state index in [1.54, 1.807) is 13.0 Å². The van der Waals surface area contributed by atoms with Gasteiger partial charge in [0.1, 0.15) is 17.7 Å². The third-order valence-corrected chi connectivity index (χ3v) is 6.18. The van der Waals surface area contributed by atoms with Gasteiger partial charge in [-0.25, -0.2) is 9.37 Å². The van der Waals surface area contributed by atoms with Gasteiger partial charge in [-0.1, -0.05) is 32.4 Å². The summed E-state index contributed by atoms with van der Waals surface area (Å²) >= 11 is 6.28. The van der Waals surface area contributed by atoms with Gasteiger partial charge in [0, 0.05) is 25.2 Å². The first-order valence-corrected chi connectivity index (χ1v) is 11.1. The summed E-state index contributed by atoms with van der Waals surface area (Å²) in [5.74, 6) is -0.823. The van der Waals surface area contributed by atoms with Gasteiger partial charge in [0.2, 0.25) is 5.91 Å². The van der Waals surface area contributed by atoms with Crippen LogP contribution in [0.15, 0.2) is 12.1 Å². The van der Waals surface area contributed by atoms with Crippen LogP contribution in [-0.4, -0.2) is 52.9 Å². The number of aryl methyl sites for hydroxylation is 1. The molecule has 0 spiro atoms. The number of aromatic nitrogens is 2. The van der Waals surface area contributed by atoms with Gasteiger partial charge >= 0.3 is 0 Å². The highest BCUT2D eigenvalue weighted by atomic mass is 35.5. The lowest BCUT2D eigenvalue weighted by molar-refractivity contribution is -0.124. The molecule has 1 aromatic heterocycles. The van der Waals surface area contributed by atoms with Gasteiger partial charge in [-0.2, -0.15) is 0 Å². The van der Waals surface area contributed by atoms with Crippen LogP contribution in [0.2, 0.25) is 5.02 Å². The maximum absolute atomic E-state index is 14.9. The molecule has 2 heterocycles. The zero-order valence-electron chi connectivity index (χ0n) is 19.5. The number of amides is 2. The highest BCUT2D eigenvalue weighted by Gasteiger charge is 2.35. The molecule has 3 rings (SSSR count). The quantitative estimate of drug-likeness (QED) is 0.728. The molecule has 0 unspecified atom stereocenters. The van der Waals surface area contributed by atoms with Crippen molar-refractivity contribution in [2.45, 2.75) is 53.2 Å². The minimum Gasteiger partial charge on any atom is -0.357 e. The zero-order chi connectivity index (χ0) is 23.8. The van der Waals surface area contributed by atoms with Crippen molar-refractivity contribution >= 4 is 23.4 Å². The Hall–Kier alpha value is -2.45. The van der Waals surface area contributed by atoms with E-state index in [-0.39, 0.29) is 17.2 Å². The third kappa shape index (κ3) is 4.81. The molecular weight excluding hydrogens is 433 g/mol. The molecule has 1 aliphatic rings. The summed E-state index contributed by atoms with van der Waals surface area (Å²) in [6, 6.07) is 2.18. The van der Waals surface area contributed by atoms with Crippen molar-refractivity contribution in [2.75, 3.05) is 20.6 Å². The van der Waals surface area contributed by atoms with Crippen LogP contribution >= 0.6 is 11.6 Å². The lowest BCUT2D eigenvalue weighted by Gasteiger charge is -2.29. The smallest absolute Gasteiger partial charge is 0.272 e. The number of hydrogen-bond donors (Lipinski definition) is 2. The van der Waals surface area contributed by atoms with Crippen LogP contribution in [0.5, 0.6) is 0 Å². The second-order valence-corrected chi connectivity index (χ2v) is 9.85. The number of imidazole rings is 1. The van der Waals surface area contributed by atoms with Crippen LogP contribution in [-0.2, 0) is 17.9 Å². The Kier molecular flexibility index (Phi) is 6.95. The van der Waals surface area contributed by atoms with E-state index in [2.05, 4.69) is 20.5 Å². The van der Waals surface area contributed by atoms with Crippen molar-refractivity contribution in [1.29, 1.82) is 0 Å². The number of rotatable bonds is 4. The topological polar surface area (TPSA) is 79.3 Å². The minimum absolute atomic E-state index is 0.197. The fraction of sp³-hybridized carbons (Fsp3) is 0.522. The molecule has 0 saturated carbocycles. The molecule has 0 bridgehead atoms. The number of nitrogens with one attached hydrogen (secondary N) is 2. The molecule has 174 valence electrons. The molecule has 7 nitrogen and oxygen atoms in total. The van der Waals surface area contributed by atoms with Crippen LogP contribution in [0.4, 0.5) is 4.39 Å². The summed E-state index contributed by atoms with van der Waals surface area (Å²) in [5, 5.41) is 5.88. The molecule has 1 atom stereocenters. The number of fused-ring (bicyclic) bond motifs is 1.